The first-order chi connectivity index (χ1) is 12.5. The molecule has 0 radical (unpaired) electrons. The summed E-state index contributed by atoms with van der Waals surface area (Å²) in [4.78, 5) is 13.4. The van der Waals surface area contributed by atoms with E-state index in [1.54, 1.807) is 0 Å². The van der Waals surface area contributed by atoms with E-state index in [4.69, 9.17) is 11.5 Å². The Bertz CT molecular complexity index is 870. The topological polar surface area (TPSA) is 99.0 Å². The van der Waals surface area contributed by atoms with Crippen LogP contribution in [0.4, 0.5) is 11.5 Å². The van der Waals surface area contributed by atoms with Crippen LogP contribution in [0.2, 0.25) is 0 Å². The van der Waals surface area contributed by atoms with Gasteiger partial charge < -0.3 is 16.8 Å². The van der Waals surface area contributed by atoms with Crippen LogP contribution in [0.5, 0.6) is 0 Å². The number of aryl methyl sites for hydroxylation is 3. The van der Waals surface area contributed by atoms with E-state index in [1.807, 2.05) is 0 Å². The van der Waals surface area contributed by atoms with Gasteiger partial charge in [0.05, 0.1) is 11.6 Å². The number of nitrogens with one attached hydrogen (secondary N) is 1. The second kappa shape index (κ2) is 6.43. The summed E-state index contributed by atoms with van der Waals surface area (Å²) in [6.07, 6.45) is 4.10. The second-order valence-corrected chi connectivity index (χ2v) is 7.56. The minimum Gasteiger partial charge on any atom is -0.385 e. The maximum absolute atomic E-state index is 13.4. The van der Waals surface area contributed by atoms with Crippen LogP contribution in [0, 0.1) is 6.92 Å². The highest BCUT2D eigenvalue weighted by Crippen LogP contribution is 2.37. The molecule has 1 aliphatic heterocycles. The zero-order chi connectivity index (χ0) is 18.4. The number of nitrogen functional groups attached to an aromatic ring is 1. The van der Waals surface area contributed by atoms with Crippen LogP contribution in [0.3, 0.4) is 0 Å². The van der Waals surface area contributed by atoms with Crippen LogP contribution in [0.25, 0.3) is 0 Å². The first-order valence-corrected chi connectivity index (χ1v) is 9.53. The number of rotatable bonds is 2. The fourth-order valence-electron chi connectivity index (χ4n) is 4.30. The summed E-state index contributed by atoms with van der Waals surface area (Å²) >= 11 is 0. The Morgan fingerprint density at radius 1 is 1.38 bits per heavy atom. The lowest BCUT2D eigenvalue weighted by molar-refractivity contribution is 0.0859. The number of carbonyl (C=O) groups excluding carboxylic acids is 1. The van der Waals surface area contributed by atoms with E-state index in [9.17, 15) is 4.79 Å². The summed E-state index contributed by atoms with van der Waals surface area (Å²) < 4.78 is 1.44. The molecule has 6 heteroatoms. The molecule has 2 aromatic rings. The third-order valence-electron chi connectivity index (χ3n) is 5.78. The summed E-state index contributed by atoms with van der Waals surface area (Å²) in [7, 11) is 0. The fraction of sp³-hybridized carbons (Fsp3) is 0.500. The standard InChI is InChI=1S/C20H27N5O/c1-3-12-8-11(2)18-15(9-12)14(6-7-23-18)20(26)25-19(22)16-10-13(21)4-5-17(16)24-25/h8-9,13-14,23H,3-7,10,21-22H2,1-2H3/t13-,14?/m1/s1. The molecule has 0 saturated carbocycles. The Morgan fingerprint density at radius 2 is 2.19 bits per heavy atom. The van der Waals surface area contributed by atoms with Gasteiger partial charge >= 0.3 is 0 Å². The third kappa shape index (κ3) is 2.69. The van der Waals surface area contributed by atoms with Crippen LogP contribution in [-0.2, 0) is 19.3 Å². The second-order valence-electron chi connectivity index (χ2n) is 7.56. The first kappa shape index (κ1) is 17.1. The molecule has 2 atom stereocenters. The van der Waals surface area contributed by atoms with Gasteiger partial charge in [0.25, 0.3) is 5.91 Å². The van der Waals surface area contributed by atoms with E-state index in [0.717, 1.165) is 54.7 Å². The average molecular weight is 353 g/mol. The Balaban J connectivity index is 1.74. The molecule has 138 valence electrons. The first-order valence-electron chi connectivity index (χ1n) is 9.53. The maximum atomic E-state index is 13.4. The van der Waals surface area contributed by atoms with Gasteiger partial charge in [-0.15, -0.1) is 0 Å². The Kier molecular flexibility index (Phi) is 4.23. The van der Waals surface area contributed by atoms with Crippen molar-refractivity contribution in [3.8, 4) is 0 Å². The molecule has 1 unspecified atom stereocenters. The molecule has 1 aromatic heterocycles. The molecule has 2 heterocycles. The van der Waals surface area contributed by atoms with Crippen molar-refractivity contribution in [2.75, 3.05) is 17.6 Å². The molecule has 26 heavy (non-hydrogen) atoms. The lowest BCUT2D eigenvalue weighted by Gasteiger charge is -2.28. The van der Waals surface area contributed by atoms with Crippen LogP contribution >= 0.6 is 0 Å². The number of nitrogens with zero attached hydrogens (tertiary/aromatic N) is 2. The van der Waals surface area contributed by atoms with Gasteiger partial charge in [-0.3, -0.25) is 4.79 Å². The van der Waals surface area contributed by atoms with Gasteiger partial charge in [-0.25, -0.2) is 0 Å². The molecule has 0 amide bonds. The SMILES string of the molecule is CCc1cc(C)c2c(c1)C(C(=O)n1nc3c(c1N)C[C@H](N)CC3)CCN2. The lowest BCUT2D eigenvalue weighted by Crippen LogP contribution is -2.29. The van der Waals surface area contributed by atoms with E-state index < -0.39 is 0 Å². The summed E-state index contributed by atoms with van der Waals surface area (Å²) in [6.45, 7) is 5.01. The van der Waals surface area contributed by atoms with Gasteiger partial charge in [-0.2, -0.15) is 9.78 Å². The smallest absolute Gasteiger partial charge is 0.256 e. The molecular weight excluding hydrogens is 326 g/mol. The van der Waals surface area contributed by atoms with Crippen molar-refractivity contribution in [3.05, 3.63) is 40.1 Å². The molecule has 1 aliphatic carbocycles. The molecule has 6 nitrogen and oxygen atoms in total. The normalized spacial score (nSPS) is 21.7. The van der Waals surface area contributed by atoms with Gasteiger partial charge in [-0.1, -0.05) is 19.1 Å². The van der Waals surface area contributed by atoms with Crippen molar-refractivity contribution in [1.29, 1.82) is 0 Å². The Hall–Kier alpha value is -2.34. The minimum absolute atomic E-state index is 0.0270. The molecule has 5 N–H and O–H groups in total. The quantitative estimate of drug-likeness (QED) is 0.770. The van der Waals surface area contributed by atoms with Gasteiger partial charge in [0.1, 0.15) is 5.82 Å². The highest BCUT2D eigenvalue weighted by Gasteiger charge is 2.32. The van der Waals surface area contributed by atoms with Gasteiger partial charge in [0.2, 0.25) is 0 Å². The third-order valence-corrected chi connectivity index (χ3v) is 5.78. The van der Waals surface area contributed by atoms with Crippen LogP contribution in [-0.4, -0.2) is 28.3 Å². The van der Waals surface area contributed by atoms with Crippen molar-refractivity contribution in [2.24, 2.45) is 5.73 Å². The number of anilines is 2. The van der Waals surface area contributed by atoms with Gasteiger partial charge in [-0.05, 0) is 55.7 Å². The van der Waals surface area contributed by atoms with Crippen molar-refractivity contribution in [2.45, 2.75) is 57.9 Å². The van der Waals surface area contributed by atoms with Crippen LogP contribution in [0.1, 0.15) is 58.4 Å². The number of benzene rings is 1. The summed E-state index contributed by atoms with van der Waals surface area (Å²) in [5, 5.41) is 8.02. The largest absolute Gasteiger partial charge is 0.385 e. The molecule has 2 aliphatic rings. The van der Waals surface area contributed by atoms with E-state index in [0.29, 0.717) is 12.2 Å². The molecule has 1 aromatic carbocycles. The highest BCUT2D eigenvalue weighted by molar-refractivity contribution is 5.90. The number of fused-ring (bicyclic) bond motifs is 2. The highest BCUT2D eigenvalue weighted by atomic mass is 16.2. The summed E-state index contributed by atoms with van der Waals surface area (Å²) in [5.41, 5.74) is 18.9. The van der Waals surface area contributed by atoms with Crippen LogP contribution < -0.4 is 16.8 Å². The lowest BCUT2D eigenvalue weighted by atomic mass is 9.86. The van der Waals surface area contributed by atoms with Gasteiger partial charge in [0, 0.05) is 23.8 Å². The Morgan fingerprint density at radius 3 is 2.96 bits per heavy atom. The average Bonchev–Trinajstić information content (AvgIpc) is 2.97. The number of nitrogens with two attached hydrogens (primary N) is 2. The molecule has 4 rings (SSSR count). The van der Waals surface area contributed by atoms with Crippen molar-refractivity contribution >= 4 is 17.4 Å². The van der Waals surface area contributed by atoms with Crippen molar-refractivity contribution in [3.63, 3.8) is 0 Å². The molecule has 0 bridgehead atoms. The monoisotopic (exact) mass is 353 g/mol. The van der Waals surface area contributed by atoms with E-state index in [-0.39, 0.29) is 17.9 Å². The van der Waals surface area contributed by atoms with E-state index in [2.05, 4.69) is 36.4 Å². The molecule has 0 fully saturated rings. The number of carbonyl (C=O) groups is 1. The summed E-state index contributed by atoms with van der Waals surface area (Å²) in [5.74, 6) is 0.234. The fourth-order valence-corrected chi connectivity index (χ4v) is 4.30. The zero-order valence-corrected chi connectivity index (χ0v) is 15.5. The van der Waals surface area contributed by atoms with Gasteiger partial charge in [0.15, 0.2) is 0 Å². The van der Waals surface area contributed by atoms with Crippen molar-refractivity contribution in [1.82, 2.24) is 9.78 Å². The van der Waals surface area contributed by atoms with Crippen molar-refractivity contribution < 1.29 is 4.79 Å². The van der Waals surface area contributed by atoms with E-state index >= 15 is 0 Å². The zero-order valence-electron chi connectivity index (χ0n) is 15.5. The molecule has 0 spiro atoms. The molecular formula is C20H27N5O. The maximum Gasteiger partial charge on any atom is 0.256 e. The van der Waals surface area contributed by atoms with Crippen LogP contribution in [0.15, 0.2) is 12.1 Å². The minimum atomic E-state index is -0.214. The Labute approximate surface area is 153 Å². The number of hydrogen-bond acceptors (Lipinski definition) is 5. The predicted octanol–water partition coefficient (Wildman–Crippen LogP) is 2.39. The summed E-state index contributed by atoms with van der Waals surface area (Å²) in [6, 6.07) is 4.46. The molecule has 0 saturated heterocycles. The number of aromatic nitrogens is 2. The predicted molar refractivity (Wildman–Crippen MR) is 104 cm³/mol. The number of hydrogen-bond donors (Lipinski definition) is 3. The van der Waals surface area contributed by atoms with E-state index in [1.165, 1.54) is 15.8 Å².